The molecule has 3 aromatic rings. The SMILES string of the molecule is O=C(c1ccccc1Oc1ccccc1)N1CCc2ccc([N+](=O)[O-])cc21. The van der Waals surface area contributed by atoms with Gasteiger partial charge in [-0.05, 0) is 36.2 Å². The molecule has 4 rings (SSSR count). The molecule has 0 bridgehead atoms. The van der Waals surface area contributed by atoms with E-state index >= 15 is 0 Å². The molecule has 27 heavy (non-hydrogen) atoms. The summed E-state index contributed by atoms with van der Waals surface area (Å²) < 4.78 is 5.88. The Balaban J connectivity index is 1.68. The van der Waals surface area contributed by atoms with Crippen LogP contribution in [0.4, 0.5) is 11.4 Å². The zero-order chi connectivity index (χ0) is 18.8. The number of rotatable bonds is 4. The van der Waals surface area contributed by atoms with E-state index in [4.69, 9.17) is 4.74 Å². The fraction of sp³-hybridized carbons (Fsp3) is 0.0952. The van der Waals surface area contributed by atoms with Gasteiger partial charge in [0.2, 0.25) is 0 Å². The van der Waals surface area contributed by atoms with Crippen LogP contribution in [0.2, 0.25) is 0 Å². The Bertz CT molecular complexity index is 1020. The Hall–Kier alpha value is -3.67. The number of para-hydroxylation sites is 2. The molecule has 6 nitrogen and oxygen atoms in total. The van der Waals surface area contributed by atoms with Gasteiger partial charge in [-0.3, -0.25) is 14.9 Å². The van der Waals surface area contributed by atoms with Crippen molar-refractivity contribution in [1.82, 2.24) is 0 Å². The number of nitro benzene ring substituents is 1. The fourth-order valence-corrected chi connectivity index (χ4v) is 3.19. The lowest BCUT2D eigenvalue weighted by Crippen LogP contribution is -2.29. The van der Waals surface area contributed by atoms with Crippen molar-refractivity contribution in [2.45, 2.75) is 6.42 Å². The molecule has 6 heteroatoms. The number of nitrogens with zero attached hydrogens (tertiary/aromatic N) is 2. The molecule has 1 amide bonds. The van der Waals surface area contributed by atoms with Gasteiger partial charge < -0.3 is 9.64 Å². The first-order valence-electron chi connectivity index (χ1n) is 8.54. The van der Waals surface area contributed by atoms with E-state index in [2.05, 4.69) is 0 Å². The second kappa shape index (κ2) is 6.92. The number of nitro groups is 1. The Morgan fingerprint density at radius 2 is 1.74 bits per heavy atom. The smallest absolute Gasteiger partial charge is 0.271 e. The number of anilines is 1. The molecule has 3 aromatic carbocycles. The third kappa shape index (κ3) is 3.25. The molecule has 0 unspecified atom stereocenters. The minimum atomic E-state index is -0.451. The zero-order valence-corrected chi connectivity index (χ0v) is 14.4. The van der Waals surface area contributed by atoms with Crippen molar-refractivity contribution in [3.63, 3.8) is 0 Å². The van der Waals surface area contributed by atoms with Gasteiger partial charge in [-0.1, -0.05) is 36.4 Å². The van der Waals surface area contributed by atoms with Crippen molar-refractivity contribution in [1.29, 1.82) is 0 Å². The molecule has 0 fully saturated rings. The first-order chi connectivity index (χ1) is 13.1. The van der Waals surface area contributed by atoms with Crippen molar-refractivity contribution in [3.8, 4) is 11.5 Å². The van der Waals surface area contributed by atoms with Crippen LogP contribution in [0.15, 0.2) is 72.8 Å². The van der Waals surface area contributed by atoms with E-state index in [-0.39, 0.29) is 11.6 Å². The number of amides is 1. The standard InChI is InChI=1S/C21H16N2O4/c24-21(22-13-12-15-10-11-16(23(25)26)14-19(15)22)18-8-4-5-9-20(18)27-17-6-2-1-3-7-17/h1-11,14H,12-13H2. The molecule has 0 spiro atoms. The number of carbonyl (C=O) groups is 1. The molecular formula is C21H16N2O4. The van der Waals surface area contributed by atoms with Crippen LogP contribution in [0.1, 0.15) is 15.9 Å². The van der Waals surface area contributed by atoms with Gasteiger partial charge in [0.25, 0.3) is 11.6 Å². The summed E-state index contributed by atoms with van der Waals surface area (Å²) in [6.07, 6.45) is 0.667. The van der Waals surface area contributed by atoms with Gasteiger partial charge in [0.1, 0.15) is 11.5 Å². The maximum atomic E-state index is 13.2. The second-order valence-electron chi connectivity index (χ2n) is 6.19. The van der Waals surface area contributed by atoms with Crippen LogP contribution in [0.5, 0.6) is 11.5 Å². The van der Waals surface area contributed by atoms with Gasteiger partial charge in [-0.15, -0.1) is 0 Å². The van der Waals surface area contributed by atoms with E-state index in [9.17, 15) is 14.9 Å². The van der Waals surface area contributed by atoms with Crippen LogP contribution in [0, 0.1) is 10.1 Å². The van der Waals surface area contributed by atoms with E-state index in [1.807, 2.05) is 30.3 Å². The molecule has 0 aromatic heterocycles. The molecule has 134 valence electrons. The molecule has 1 heterocycles. The molecule has 0 saturated carbocycles. The normalized spacial score (nSPS) is 12.5. The van der Waals surface area contributed by atoms with E-state index < -0.39 is 4.92 Å². The topological polar surface area (TPSA) is 72.7 Å². The van der Waals surface area contributed by atoms with E-state index in [0.29, 0.717) is 35.7 Å². The predicted octanol–water partition coefficient (Wildman–Crippen LogP) is 4.59. The summed E-state index contributed by atoms with van der Waals surface area (Å²) in [5.74, 6) is 0.851. The summed E-state index contributed by atoms with van der Waals surface area (Å²) in [7, 11) is 0. The fourth-order valence-electron chi connectivity index (χ4n) is 3.19. The van der Waals surface area contributed by atoms with Crippen molar-refractivity contribution < 1.29 is 14.5 Å². The number of benzene rings is 3. The van der Waals surface area contributed by atoms with Crippen LogP contribution in [-0.4, -0.2) is 17.4 Å². The summed E-state index contributed by atoms with van der Waals surface area (Å²) in [5, 5.41) is 11.1. The number of fused-ring (bicyclic) bond motifs is 1. The highest BCUT2D eigenvalue weighted by molar-refractivity contribution is 6.09. The lowest BCUT2D eigenvalue weighted by Gasteiger charge is -2.19. The van der Waals surface area contributed by atoms with Crippen molar-refractivity contribution in [2.75, 3.05) is 11.4 Å². The van der Waals surface area contributed by atoms with Crippen LogP contribution in [0.3, 0.4) is 0 Å². The number of hydrogen-bond donors (Lipinski definition) is 0. The lowest BCUT2D eigenvalue weighted by molar-refractivity contribution is -0.384. The first-order valence-corrected chi connectivity index (χ1v) is 8.54. The average molecular weight is 360 g/mol. The molecule has 0 atom stereocenters. The summed E-state index contributed by atoms with van der Waals surface area (Å²) >= 11 is 0. The first kappa shape index (κ1) is 16.8. The third-order valence-electron chi connectivity index (χ3n) is 4.51. The van der Waals surface area contributed by atoms with Crippen LogP contribution >= 0.6 is 0 Å². The van der Waals surface area contributed by atoms with Gasteiger partial charge in [0.05, 0.1) is 16.2 Å². The van der Waals surface area contributed by atoms with Crippen molar-refractivity contribution in [2.24, 2.45) is 0 Å². The molecule has 0 radical (unpaired) electrons. The zero-order valence-electron chi connectivity index (χ0n) is 14.4. The predicted molar refractivity (Wildman–Crippen MR) is 101 cm³/mol. The second-order valence-corrected chi connectivity index (χ2v) is 6.19. The maximum Gasteiger partial charge on any atom is 0.271 e. The number of hydrogen-bond acceptors (Lipinski definition) is 4. The molecule has 0 saturated heterocycles. The number of carbonyl (C=O) groups excluding carboxylic acids is 1. The van der Waals surface area contributed by atoms with Gasteiger partial charge in [0.15, 0.2) is 0 Å². The Morgan fingerprint density at radius 3 is 2.52 bits per heavy atom. The third-order valence-corrected chi connectivity index (χ3v) is 4.51. The molecular weight excluding hydrogens is 344 g/mol. The monoisotopic (exact) mass is 360 g/mol. The highest BCUT2D eigenvalue weighted by Gasteiger charge is 2.29. The van der Waals surface area contributed by atoms with Crippen molar-refractivity contribution in [3.05, 3.63) is 94.0 Å². The van der Waals surface area contributed by atoms with Gasteiger partial charge in [0, 0.05) is 18.7 Å². The molecule has 0 aliphatic carbocycles. The van der Waals surface area contributed by atoms with E-state index in [1.165, 1.54) is 12.1 Å². The Kier molecular flexibility index (Phi) is 4.30. The highest BCUT2D eigenvalue weighted by atomic mass is 16.6. The summed E-state index contributed by atoms with van der Waals surface area (Å²) in [6.45, 7) is 0.481. The average Bonchev–Trinajstić information content (AvgIpc) is 3.12. The van der Waals surface area contributed by atoms with Gasteiger partial charge in [-0.25, -0.2) is 0 Å². The largest absolute Gasteiger partial charge is 0.457 e. The van der Waals surface area contributed by atoms with Gasteiger partial charge in [-0.2, -0.15) is 0 Å². The maximum absolute atomic E-state index is 13.2. The van der Waals surface area contributed by atoms with E-state index in [0.717, 1.165) is 5.56 Å². The van der Waals surface area contributed by atoms with E-state index in [1.54, 1.807) is 35.2 Å². The lowest BCUT2D eigenvalue weighted by atomic mass is 10.1. The summed E-state index contributed by atoms with van der Waals surface area (Å²) in [5.41, 5.74) is 1.90. The minimum absolute atomic E-state index is 0.0257. The van der Waals surface area contributed by atoms with Crippen LogP contribution in [0.25, 0.3) is 0 Å². The van der Waals surface area contributed by atoms with Crippen LogP contribution < -0.4 is 9.64 Å². The summed E-state index contributed by atoms with van der Waals surface area (Å²) in [6, 6.07) is 20.9. The quantitative estimate of drug-likeness (QED) is 0.504. The minimum Gasteiger partial charge on any atom is -0.457 e. The van der Waals surface area contributed by atoms with Crippen molar-refractivity contribution >= 4 is 17.3 Å². The molecule has 0 N–H and O–H groups in total. The Morgan fingerprint density at radius 1 is 1.00 bits per heavy atom. The summed E-state index contributed by atoms with van der Waals surface area (Å²) in [4.78, 5) is 25.4. The number of ether oxygens (including phenoxy) is 1. The van der Waals surface area contributed by atoms with Gasteiger partial charge >= 0.3 is 0 Å². The highest BCUT2D eigenvalue weighted by Crippen LogP contribution is 2.34. The number of non-ortho nitro benzene ring substituents is 1. The Labute approximate surface area is 155 Å². The molecule has 1 aliphatic rings. The van der Waals surface area contributed by atoms with Crippen LogP contribution in [-0.2, 0) is 6.42 Å². The molecule has 1 aliphatic heterocycles.